The monoisotopic (exact) mass is 371 g/mol. The summed E-state index contributed by atoms with van der Waals surface area (Å²) in [6.07, 6.45) is 13.1. The molecule has 0 saturated carbocycles. The van der Waals surface area contributed by atoms with Gasteiger partial charge in [-0.1, -0.05) is 24.3 Å². The normalized spacial score (nSPS) is 20.1. The van der Waals surface area contributed by atoms with Crippen molar-refractivity contribution in [2.75, 3.05) is 13.1 Å². The lowest BCUT2D eigenvalue weighted by atomic mass is 9.73. The summed E-state index contributed by atoms with van der Waals surface area (Å²) >= 11 is 0. The summed E-state index contributed by atoms with van der Waals surface area (Å²) < 4.78 is 0. The molecule has 1 aliphatic carbocycles. The molecule has 28 heavy (non-hydrogen) atoms. The Bertz CT molecular complexity index is 984. The van der Waals surface area contributed by atoms with Crippen molar-refractivity contribution in [3.05, 3.63) is 84.0 Å². The van der Waals surface area contributed by atoms with Crippen LogP contribution in [0.4, 0.5) is 0 Å². The van der Waals surface area contributed by atoms with Crippen molar-refractivity contribution in [1.29, 1.82) is 0 Å². The molecule has 0 radical (unpaired) electrons. The molecule has 0 bridgehead atoms. The number of aromatic nitrogens is 4. The van der Waals surface area contributed by atoms with Crippen LogP contribution in [0, 0.1) is 0 Å². The number of carbonyl (C=O) groups excluding carboxylic acids is 1. The highest BCUT2D eigenvalue weighted by atomic mass is 16.2. The highest BCUT2D eigenvalue weighted by Gasteiger charge is 2.46. The first-order valence-electron chi connectivity index (χ1n) is 9.66. The lowest BCUT2D eigenvalue weighted by Gasteiger charge is -2.40. The van der Waals surface area contributed by atoms with Gasteiger partial charge in [-0.2, -0.15) is 0 Å². The molecule has 0 N–H and O–H groups in total. The van der Waals surface area contributed by atoms with Crippen LogP contribution in [0.25, 0.3) is 0 Å². The van der Waals surface area contributed by atoms with E-state index in [1.165, 1.54) is 16.7 Å². The van der Waals surface area contributed by atoms with Gasteiger partial charge >= 0.3 is 0 Å². The molecular weight excluding hydrogens is 350 g/mol. The topological polar surface area (TPSA) is 71.9 Å². The minimum Gasteiger partial charge on any atom is -0.337 e. The smallest absolute Gasteiger partial charge is 0.274 e. The van der Waals surface area contributed by atoms with Gasteiger partial charge in [0.2, 0.25) is 0 Å². The van der Waals surface area contributed by atoms with Gasteiger partial charge in [0.15, 0.2) is 0 Å². The highest BCUT2D eigenvalue weighted by molar-refractivity contribution is 5.92. The standard InChI is InChI=1S/C22H21N5O/c28-21(20-14-23-7-8-26-20)27-9-5-22(6-10-27)11-18(16-12-24-15-25-13-16)17-3-1-2-4-19(17)22/h1-4,7-8,12-15,18H,5-6,9-11H2. The van der Waals surface area contributed by atoms with Crippen LogP contribution in [0.2, 0.25) is 0 Å². The van der Waals surface area contributed by atoms with Crippen molar-refractivity contribution in [2.24, 2.45) is 0 Å². The molecule has 2 aromatic heterocycles. The zero-order valence-electron chi connectivity index (χ0n) is 15.5. The molecule has 1 spiro atoms. The second kappa shape index (κ2) is 6.78. The Kier molecular flexibility index (Phi) is 4.11. The summed E-state index contributed by atoms with van der Waals surface area (Å²) in [6, 6.07) is 8.74. The number of nitrogens with zero attached hydrogens (tertiary/aromatic N) is 5. The van der Waals surface area contributed by atoms with Crippen molar-refractivity contribution >= 4 is 5.91 Å². The molecule has 2 aliphatic rings. The first-order chi connectivity index (χ1) is 13.8. The summed E-state index contributed by atoms with van der Waals surface area (Å²) in [5.41, 5.74) is 4.51. The third-order valence-electron chi connectivity index (χ3n) is 6.28. The molecule has 5 rings (SSSR count). The van der Waals surface area contributed by atoms with Crippen LogP contribution in [0.3, 0.4) is 0 Å². The summed E-state index contributed by atoms with van der Waals surface area (Å²) in [4.78, 5) is 31.3. The van der Waals surface area contributed by atoms with E-state index in [1.54, 1.807) is 24.9 Å². The number of benzene rings is 1. The largest absolute Gasteiger partial charge is 0.337 e. The van der Waals surface area contributed by atoms with E-state index in [1.807, 2.05) is 17.3 Å². The third kappa shape index (κ3) is 2.76. The van der Waals surface area contributed by atoms with Crippen LogP contribution in [0.1, 0.15) is 52.4 Å². The Labute approximate surface area is 163 Å². The van der Waals surface area contributed by atoms with Crippen LogP contribution < -0.4 is 0 Å². The minimum absolute atomic E-state index is 0.0257. The van der Waals surface area contributed by atoms with Crippen molar-refractivity contribution in [1.82, 2.24) is 24.8 Å². The first-order valence-corrected chi connectivity index (χ1v) is 9.66. The molecule has 1 saturated heterocycles. The van der Waals surface area contributed by atoms with Gasteiger partial charge in [0.1, 0.15) is 12.0 Å². The summed E-state index contributed by atoms with van der Waals surface area (Å²) in [6.45, 7) is 1.48. The average Bonchev–Trinajstić information content (AvgIpc) is 3.09. The number of carbonyl (C=O) groups is 1. The molecule has 3 heterocycles. The molecule has 140 valence electrons. The van der Waals surface area contributed by atoms with Gasteiger partial charge in [-0.3, -0.25) is 9.78 Å². The predicted octanol–water partition coefficient (Wildman–Crippen LogP) is 2.98. The molecular formula is C22H21N5O. The van der Waals surface area contributed by atoms with E-state index in [0.29, 0.717) is 11.6 Å². The van der Waals surface area contributed by atoms with Gasteiger partial charge in [0.05, 0.1) is 6.20 Å². The van der Waals surface area contributed by atoms with E-state index in [-0.39, 0.29) is 11.3 Å². The molecule has 1 fully saturated rings. The van der Waals surface area contributed by atoms with E-state index in [2.05, 4.69) is 44.2 Å². The molecule has 1 unspecified atom stereocenters. The number of fused-ring (bicyclic) bond motifs is 2. The van der Waals surface area contributed by atoms with Gasteiger partial charge in [-0.25, -0.2) is 15.0 Å². The van der Waals surface area contributed by atoms with Crippen LogP contribution in [-0.4, -0.2) is 43.8 Å². The molecule has 6 heteroatoms. The molecule has 1 aliphatic heterocycles. The van der Waals surface area contributed by atoms with Crippen molar-refractivity contribution < 1.29 is 4.79 Å². The van der Waals surface area contributed by atoms with Gasteiger partial charge in [-0.15, -0.1) is 0 Å². The van der Waals surface area contributed by atoms with Gasteiger partial charge < -0.3 is 4.90 Å². The number of likely N-dealkylation sites (tertiary alicyclic amines) is 1. The summed E-state index contributed by atoms with van der Waals surface area (Å²) in [5.74, 6) is 0.293. The second-order valence-electron chi connectivity index (χ2n) is 7.68. The maximum Gasteiger partial charge on any atom is 0.274 e. The molecule has 3 aromatic rings. The lowest BCUT2D eigenvalue weighted by molar-refractivity contribution is 0.0658. The average molecular weight is 371 g/mol. The number of piperidine rings is 1. The maximum absolute atomic E-state index is 12.7. The first kappa shape index (κ1) is 17.0. The number of amides is 1. The lowest BCUT2D eigenvalue weighted by Crippen LogP contribution is -2.44. The number of rotatable bonds is 2. The Morgan fingerprint density at radius 1 is 1.00 bits per heavy atom. The van der Waals surface area contributed by atoms with Crippen LogP contribution in [-0.2, 0) is 5.41 Å². The minimum atomic E-state index is -0.0257. The Morgan fingerprint density at radius 3 is 2.54 bits per heavy atom. The summed E-state index contributed by atoms with van der Waals surface area (Å²) in [7, 11) is 0. The van der Waals surface area contributed by atoms with Crippen molar-refractivity contribution in [3.8, 4) is 0 Å². The highest BCUT2D eigenvalue weighted by Crippen LogP contribution is 2.53. The van der Waals surface area contributed by atoms with Gasteiger partial charge in [0, 0.05) is 43.8 Å². The zero-order valence-corrected chi connectivity index (χ0v) is 15.5. The van der Waals surface area contributed by atoms with E-state index < -0.39 is 0 Å². The maximum atomic E-state index is 12.7. The van der Waals surface area contributed by atoms with E-state index in [0.717, 1.165) is 32.4 Å². The second-order valence-corrected chi connectivity index (χ2v) is 7.68. The quantitative estimate of drug-likeness (QED) is 0.692. The van der Waals surface area contributed by atoms with Crippen molar-refractivity contribution in [3.63, 3.8) is 0 Å². The molecule has 6 nitrogen and oxygen atoms in total. The Balaban J connectivity index is 1.41. The number of hydrogen-bond acceptors (Lipinski definition) is 5. The van der Waals surface area contributed by atoms with E-state index in [9.17, 15) is 4.79 Å². The third-order valence-corrected chi connectivity index (χ3v) is 6.28. The van der Waals surface area contributed by atoms with Crippen LogP contribution in [0.5, 0.6) is 0 Å². The predicted molar refractivity (Wildman–Crippen MR) is 104 cm³/mol. The van der Waals surface area contributed by atoms with Crippen LogP contribution >= 0.6 is 0 Å². The number of hydrogen-bond donors (Lipinski definition) is 0. The SMILES string of the molecule is O=C(c1cnccn1)N1CCC2(CC1)CC(c1cncnc1)c1ccccc12. The fraction of sp³-hybridized carbons (Fsp3) is 0.318. The van der Waals surface area contributed by atoms with Crippen molar-refractivity contribution in [2.45, 2.75) is 30.6 Å². The molecule has 1 atom stereocenters. The van der Waals surface area contributed by atoms with Gasteiger partial charge in [-0.05, 0) is 41.4 Å². The van der Waals surface area contributed by atoms with E-state index in [4.69, 9.17) is 0 Å². The fourth-order valence-corrected chi connectivity index (χ4v) is 4.87. The Hall–Kier alpha value is -3.15. The summed E-state index contributed by atoms with van der Waals surface area (Å²) in [5, 5.41) is 0. The van der Waals surface area contributed by atoms with E-state index >= 15 is 0 Å². The van der Waals surface area contributed by atoms with Gasteiger partial charge in [0.25, 0.3) is 5.91 Å². The van der Waals surface area contributed by atoms with Crippen LogP contribution in [0.15, 0.2) is 61.6 Å². The zero-order chi connectivity index (χ0) is 19.0. The molecule has 1 amide bonds. The molecule has 1 aromatic carbocycles. The fourth-order valence-electron chi connectivity index (χ4n) is 4.87. The Morgan fingerprint density at radius 2 is 1.79 bits per heavy atom.